The molecule has 0 bridgehead atoms. The van der Waals surface area contributed by atoms with Crippen LogP contribution in [0.2, 0.25) is 0 Å². The number of likely N-dealkylation sites (tertiary alicyclic amines) is 1. The van der Waals surface area contributed by atoms with E-state index in [0.29, 0.717) is 23.2 Å². The highest BCUT2D eigenvalue weighted by Gasteiger charge is 2.37. The van der Waals surface area contributed by atoms with Gasteiger partial charge < -0.3 is 9.42 Å². The molecule has 6 heteroatoms. The molecule has 0 N–H and O–H groups in total. The van der Waals surface area contributed by atoms with Crippen LogP contribution in [0.5, 0.6) is 0 Å². The zero-order chi connectivity index (χ0) is 18.4. The maximum absolute atomic E-state index is 13.7. The van der Waals surface area contributed by atoms with E-state index in [0.717, 1.165) is 41.0 Å². The summed E-state index contributed by atoms with van der Waals surface area (Å²) < 4.78 is 5.44. The molecule has 0 spiro atoms. The van der Waals surface area contributed by atoms with Crippen LogP contribution in [0, 0.1) is 12.8 Å². The maximum Gasteiger partial charge on any atom is 0.259 e. The Bertz CT molecular complexity index is 977. The number of aromatic nitrogens is 2. The van der Waals surface area contributed by atoms with Crippen LogP contribution >= 0.6 is 11.3 Å². The molecular formula is C21H23N3O2S. The van der Waals surface area contributed by atoms with Gasteiger partial charge in [0.05, 0.1) is 27.2 Å². The van der Waals surface area contributed by atoms with Crippen molar-refractivity contribution in [1.82, 2.24) is 15.0 Å². The van der Waals surface area contributed by atoms with Gasteiger partial charge in [0.1, 0.15) is 0 Å². The van der Waals surface area contributed by atoms with Gasteiger partial charge in [-0.1, -0.05) is 24.1 Å². The Kier molecular flexibility index (Phi) is 4.23. The van der Waals surface area contributed by atoms with Crippen molar-refractivity contribution < 1.29 is 9.32 Å². The number of hydrogen-bond donors (Lipinski definition) is 0. The third-order valence-electron chi connectivity index (χ3n) is 6.13. The Morgan fingerprint density at radius 2 is 2.11 bits per heavy atom. The zero-order valence-corrected chi connectivity index (χ0v) is 16.3. The quantitative estimate of drug-likeness (QED) is 0.623. The van der Waals surface area contributed by atoms with E-state index in [4.69, 9.17) is 4.52 Å². The molecule has 3 aromatic rings. The molecule has 2 aliphatic rings. The first-order valence-corrected chi connectivity index (χ1v) is 10.7. The predicted molar refractivity (Wildman–Crippen MR) is 106 cm³/mol. The van der Waals surface area contributed by atoms with Crippen LogP contribution in [0.3, 0.4) is 0 Å². The molecule has 5 rings (SSSR count). The number of amides is 1. The van der Waals surface area contributed by atoms with Crippen molar-refractivity contribution in [2.75, 3.05) is 6.54 Å². The fourth-order valence-electron chi connectivity index (χ4n) is 4.85. The number of rotatable bonds is 2. The van der Waals surface area contributed by atoms with E-state index in [9.17, 15) is 4.79 Å². The van der Waals surface area contributed by atoms with E-state index in [1.807, 2.05) is 30.5 Å². The second-order valence-corrected chi connectivity index (χ2v) is 8.68. The van der Waals surface area contributed by atoms with Crippen LogP contribution in [0.4, 0.5) is 0 Å². The summed E-state index contributed by atoms with van der Waals surface area (Å²) >= 11 is 1.62. The lowest BCUT2D eigenvalue weighted by molar-refractivity contribution is 0.0392. The van der Waals surface area contributed by atoms with Crippen molar-refractivity contribution in [1.29, 1.82) is 0 Å². The van der Waals surface area contributed by atoms with E-state index in [2.05, 4.69) is 15.0 Å². The highest BCUT2D eigenvalue weighted by Crippen LogP contribution is 2.37. The van der Waals surface area contributed by atoms with Crippen molar-refractivity contribution >= 4 is 28.3 Å². The fourth-order valence-corrected chi connectivity index (χ4v) is 5.53. The summed E-state index contributed by atoms with van der Waals surface area (Å²) in [6.45, 7) is 2.73. The lowest BCUT2D eigenvalue weighted by Gasteiger charge is -2.44. The molecule has 5 nitrogen and oxygen atoms in total. The Morgan fingerprint density at radius 1 is 1.26 bits per heavy atom. The van der Waals surface area contributed by atoms with Crippen LogP contribution in [-0.4, -0.2) is 33.5 Å². The molecular weight excluding hydrogens is 358 g/mol. The topological polar surface area (TPSA) is 59.2 Å². The van der Waals surface area contributed by atoms with Crippen LogP contribution in [0.15, 0.2) is 28.1 Å². The number of pyridine rings is 1. The number of piperidine rings is 1. The number of carbonyl (C=O) groups is 1. The summed E-state index contributed by atoms with van der Waals surface area (Å²) in [5.41, 5.74) is 2.66. The van der Waals surface area contributed by atoms with Gasteiger partial charge >= 0.3 is 0 Å². The average molecular weight is 382 g/mol. The molecule has 140 valence electrons. The van der Waals surface area contributed by atoms with E-state index < -0.39 is 0 Å². The normalized spacial score (nSPS) is 22.8. The van der Waals surface area contributed by atoms with Crippen molar-refractivity contribution in [3.05, 3.63) is 34.8 Å². The number of nitrogens with zero attached hydrogens (tertiary/aromatic N) is 3. The van der Waals surface area contributed by atoms with Crippen LogP contribution in [0.25, 0.3) is 21.7 Å². The van der Waals surface area contributed by atoms with Gasteiger partial charge in [0.15, 0.2) is 0 Å². The Hall–Kier alpha value is -2.21. The Morgan fingerprint density at radius 3 is 2.96 bits per heavy atom. The highest BCUT2D eigenvalue weighted by atomic mass is 32.1. The van der Waals surface area contributed by atoms with E-state index in [1.165, 1.54) is 25.7 Å². The maximum atomic E-state index is 13.7. The summed E-state index contributed by atoms with van der Waals surface area (Å²) in [7, 11) is 0. The van der Waals surface area contributed by atoms with Gasteiger partial charge in [-0.3, -0.25) is 4.79 Å². The molecule has 4 heterocycles. The highest BCUT2D eigenvalue weighted by molar-refractivity contribution is 7.13. The minimum atomic E-state index is 0.114. The van der Waals surface area contributed by atoms with Gasteiger partial charge in [-0.2, -0.15) is 0 Å². The van der Waals surface area contributed by atoms with Gasteiger partial charge in [0.2, 0.25) is 0 Å². The van der Waals surface area contributed by atoms with Crippen LogP contribution < -0.4 is 0 Å². The van der Waals surface area contributed by atoms with Crippen LogP contribution in [-0.2, 0) is 0 Å². The SMILES string of the molecule is Cc1noc2nc(-c3cccs3)cc(C(=O)N3CCCC4CCCCC43)c12. The largest absolute Gasteiger partial charge is 0.335 e. The summed E-state index contributed by atoms with van der Waals surface area (Å²) in [6, 6.07) is 6.34. The molecule has 1 aliphatic carbocycles. The molecule has 3 aromatic heterocycles. The molecule has 1 amide bonds. The van der Waals surface area contributed by atoms with E-state index >= 15 is 0 Å². The molecule has 1 aliphatic heterocycles. The zero-order valence-electron chi connectivity index (χ0n) is 15.5. The smallest absolute Gasteiger partial charge is 0.259 e. The minimum absolute atomic E-state index is 0.114. The number of fused-ring (bicyclic) bond motifs is 2. The molecule has 27 heavy (non-hydrogen) atoms. The number of carbonyl (C=O) groups excluding carboxylic acids is 1. The van der Waals surface area contributed by atoms with Crippen molar-refractivity contribution in [3.63, 3.8) is 0 Å². The molecule has 2 fully saturated rings. The summed E-state index contributed by atoms with van der Waals surface area (Å²) in [5.74, 6) is 0.775. The number of hydrogen-bond acceptors (Lipinski definition) is 5. The van der Waals surface area contributed by atoms with Crippen molar-refractivity contribution in [2.24, 2.45) is 5.92 Å². The summed E-state index contributed by atoms with van der Waals surface area (Å²) in [5, 5.41) is 6.86. The van der Waals surface area contributed by atoms with Crippen LogP contribution in [0.1, 0.15) is 54.6 Å². The number of aryl methyl sites for hydroxylation is 1. The van der Waals surface area contributed by atoms with Gasteiger partial charge in [-0.05, 0) is 56.0 Å². The first-order chi connectivity index (χ1) is 13.2. The molecule has 2 atom stereocenters. The lowest BCUT2D eigenvalue weighted by Crippen LogP contribution is -2.49. The fraction of sp³-hybridized carbons (Fsp3) is 0.476. The van der Waals surface area contributed by atoms with Gasteiger partial charge in [-0.25, -0.2) is 4.98 Å². The minimum Gasteiger partial charge on any atom is -0.335 e. The first-order valence-electron chi connectivity index (χ1n) is 9.84. The molecule has 0 radical (unpaired) electrons. The summed E-state index contributed by atoms with van der Waals surface area (Å²) in [4.78, 5) is 21.5. The van der Waals surface area contributed by atoms with Gasteiger partial charge in [0.25, 0.3) is 11.6 Å². The lowest BCUT2D eigenvalue weighted by atomic mass is 9.78. The molecule has 1 saturated carbocycles. The second kappa shape index (κ2) is 6.75. The Labute approximate surface area is 162 Å². The molecule has 0 aromatic carbocycles. The Balaban J connectivity index is 1.60. The third kappa shape index (κ3) is 2.87. The average Bonchev–Trinajstić information content (AvgIpc) is 3.37. The monoisotopic (exact) mass is 381 g/mol. The molecule has 1 saturated heterocycles. The summed E-state index contributed by atoms with van der Waals surface area (Å²) in [6.07, 6.45) is 7.27. The first kappa shape index (κ1) is 16.9. The number of thiophene rings is 1. The van der Waals surface area contributed by atoms with Crippen molar-refractivity contribution in [3.8, 4) is 10.6 Å². The molecule has 2 unspecified atom stereocenters. The van der Waals surface area contributed by atoms with E-state index in [1.54, 1.807) is 11.3 Å². The third-order valence-corrected chi connectivity index (χ3v) is 7.02. The van der Waals surface area contributed by atoms with Crippen molar-refractivity contribution in [2.45, 2.75) is 51.5 Å². The second-order valence-electron chi connectivity index (χ2n) is 7.73. The van der Waals surface area contributed by atoms with Gasteiger partial charge in [0, 0.05) is 12.6 Å². The van der Waals surface area contributed by atoms with Gasteiger partial charge in [-0.15, -0.1) is 11.3 Å². The predicted octanol–water partition coefficient (Wildman–Crippen LogP) is 5.05. The standard InChI is InChI=1S/C21H23N3O2S/c1-13-19-15(12-16(18-9-5-11-27-18)22-20(19)26-23-13)21(25)24-10-4-7-14-6-2-3-8-17(14)24/h5,9,11-12,14,17H,2-4,6-8,10H2,1H3. The van der Waals surface area contributed by atoms with E-state index in [-0.39, 0.29) is 5.91 Å².